The minimum Gasteiger partial charge on any atom is -0.203 e. The number of rotatable bonds is 10. The van der Waals surface area contributed by atoms with Gasteiger partial charge < -0.3 is 0 Å². The van der Waals surface area contributed by atoms with Crippen molar-refractivity contribution in [2.24, 2.45) is 11.8 Å². The van der Waals surface area contributed by atoms with Gasteiger partial charge in [0, 0.05) is 0 Å². The van der Waals surface area contributed by atoms with E-state index in [9.17, 15) is 8.78 Å². The third kappa shape index (κ3) is 6.38. The molecule has 0 bridgehead atoms. The van der Waals surface area contributed by atoms with E-state index in [1.54, 1.807) is 12.1 Å². The molecule has 0 N–H and O–H groups in total. The van der Waals surface area contributed by atoms with Crippen molar-refractivity contribution in [3.05, 3.63) is 34.9 Å². The number of aryl methyl sites for hydroxylation is 1. The van der Waals surface area contributed by atoms with E-state index in [0.717, 1.165) is 12.3 Å². The van der Waals surface area contributed by atoms with E-state index in [-0.39, 0.29) is 5.56 Å². The zero-order chi connectivity index (χ0) is 18.8. The predicted octanol–water partition coefficient (Wildman–Crippen LogP) is 7.33. The molecule has 1 aromatic carbocycles. The lowest BCUT2D eigenvalue weighted by atomic mass is 9.77. The molecule has 1 aliphatic carbocycles. The van der Waals surface area contributed by atoms with Crippen LogP contribution in [0.3, 0.4) is 0 Å². The number of hydrogen-bond donors (Lipinski definition) is 0. The summed E-state index contributed by atoms with van der Waals surface area (Å²) in [5.74, 6) is -0.316. The molecule has 0 spiro atoms. The Bertz CT molecular complexity index is 583. The van der Waals surface area contributed by atoms with Crippen LogP contribution in [0.2, 0.25) is 0 Å². The second kappa shape index (κ2) is 11.3. The fourth-order valence-corrected chi connectivity index (χ4v) is 4.25. The second-order valence-corrected chi connectivity index (χ2v) is 7.99. The zero-order valence-electron chi connectivity index (χ0n) is 16.2. The van der Waals surface area contributed by atoms with E-state index in [2.05, 4.69) is 6.92 Å². The summed E-state index contributed by atoms with van der Waals surface area (Å²) in [6.45, 7) is 2.25. The lowest BCUT2D eigenvalue weighted by Crippen LogP contribution is -2.15. The fourth-order valence-electron chi connectivity index (χ4n) is 4.25. The van der Waals surface area contributed by atoms with Gasteiger partial charge in [-0.3, -0.25) is 0 Å². The van der Waals surface area contributed by atoms with Crippen LogP contribution in [0.4, 0.5) is 8.78 Å². The molecular formula is C23H33F2N. The average Bonchev–Trinajstić information content (AvgIpc) is 2.67. The van der Waals surface area contributed by atoms with E-state index in [0.29, 0.717) is 17.9 Å². The van der Waals surface area contributed by atoms with Crippen molar-refractivity contribution in [3.8, 4) is 6.07 Å². The summed E-state index contributed by atoms with van der Waals surface area (Å²) in [7, 11) is 0. The van der Waals surface area contributed by atoms with Crippen LogP contribution in [0, 0.1) is 34.8 Å². The van der Waals surface area contributed by atoms with Gasteiger partial charge >= 0.3 is 0 Å². The van der Waals surface area contributed by atoms with Crippen LogP contribution in [0.25, 0.3) is 0 Å². The summed E-state index contributed by atoms with van der Waals surface area (Å²) >= 11 is 0. The highest BCUT2D eigenvalue weighted by molar-refractivity contribution is 5.34. The zero-order valence-corrected chi connectivity index (χ0v) is 16.2. The predicted molar refractivity (Wildman–Crippen MR) is 103 cm³/mol. The van der Waals surface area contributed by atoms with Crippen molar-refractivity contribution in [1.29, 1.82) is 5.26 Å². The van der Waals surface area contributed by atoms with Crippen molar-refractivity contribution in [2.75, 3.05) is 0 Å². The second-order valence-electron chi connectivity index (χ2n) is 7.99. The lowest BCUT2D eigenvalue weighted by molar-refractivity contribution is 0.248. The van der Waals surface area contributed by atoms with Gasteiger partial charge in [-0.15, -0.1) is 0 Å². The van der Waals surface area contributed by atoms with E-state index in [1.807, 2.05) is 0 Å². The summed E-state index contributed by atoms with van der Waals surface area (Å²) in [5.41, 5.74) is 0.206. The summed E-state index contributed by atoms with van der Waals surface area (Å²) in [6.07, 6.45) is 16.1. The van der Waals surface area contributed by atoms with Crippen LogP contribution in [-0.2, 0) is 6.42 Å². The molecule has 1 aromatic rings. The SMILES string of the molecule is CCCCCCCCC1CCC(CCc2ccc(C#N)c(F)c2F)CC1. The summed E-state index contributed by atoms with van der Waals surface area (Å²) < 4.78 is 27.7. The summed E-state index contributed by atoms with van der Waals surface area (Å²) in [4.78, 5) is 0. The fraction of sp³-hybridized carbons (Fsp3) is 0.696. The quantitative estimate of drug-likeness (QED) is 0.400. The molecule has 2 rings (SSSR count). The number of nitriles is 1. The first kappa shape index (κ1) is 20.9. The topological polar surface area (TPSA) is 23.8 Å². The highest BCUT2D eigenvalue weighted by Crippen LogP contribution is 2.34. The van der Waals surface area contributed by atoms with E-state index in [4.69, 9.17) is 5.26 Å². The first-order valence-corrected chi connectivity index (χ1v) is 10.5. The van der Waals surface area contributed by atoms with Crippen molar-refractivity contribution >= 4 is 0 Å². The first-order valence-electron chi connectivity index (χ1n) is 10.5. The van der Waals surface area contributed by atoms with E-state index < -0.39 is 11.6 Å². The Morgan fingerprint density at radius 2 is 1.50 bits per heavy atom. The Morgan fingerprint density at radius 1 is 0.885 bits per heavy atom. The molecule has 1 aliphatic rings. The maximum atomic E-state index is 14.0. The number of halogens is 2. The van der Waals surface area contributed by atoms with Crippen LogP contribution >= 0.6 is 0 Å². The third-order valence-corrected chi connectivity index (χ3v) is 6.04. The van der Waals surface area contributed by atoms with Crippen molar-refractivity contribution in [1.82, 2.24) is 0 Å². The summed E-state index contributed by atoms with van der Waals surface area (Å²) in [6, 6.07) is 4.65. The minimum atomic E-state index is -0.993. The maximum Gasteiger partial charge on any atom is 0.176 e. The minimum absolute atomic E-state index is 0.207. The Hall–Kier alpha value is -1.43. The Labute approximate surface area is 157 Å². The maximum absolute atomic E-state index is 14.0. The molecule has 0 radical (unpaired) electrons. The highest BCUT2D eigenvalue weighted by atomic mass is 19.2. The van der Waals surface area contributed by atoms with E-state index >= 15 is 0 Å². The van der Waals surface area contributed by atoms with Crippen molar-refractivity contribution in [2.45, 2.75) is 90.4 Å². The number of benzene rings is 1. The van der Waals surface area contributed by atoms with Crippen LogP contribution in [0.15, 0.2) is 12.1 Å². The van der Waals surface area contributed by atoms with Gasteiger partial charge in [0.05, 0.1) is 5.56 Å². The molecule has 0 aliphatic heterocycles. The molecule has 0 aromatic heterocycles. The van der Waals surface area contributed by atoms with Gasteiger partial charge in [0.2, 0.25) is 0 Å². The molecule has 1 saturated carbocycles. The molecule has 0 amide bonds. The molecule has 0 heterocycles. The third-order valence-electron chi connectivity index (χ3n) is 6.04. The molecule has 144 valence electrons. The van der Waals surface area contributed by atoms with Gasteiger partial charge in [-0.1, -0.05) is 83.6 Å². The van der Waals surface area contributed by atoms with Crippen molar-refractivity contribution < 1.29 is 8.78 Å². The monoisotopic (exact) mass is 361 g/mol. The van der Waals surface area contributed by atoms with Crippen molar-refractivity contribution in [3.63, 3.8) is 0 Å². The molecule has 3 heteroatoms. The lowest BCUT2D eigenvalue weighted by Gasteiger charge is -2.28. The molecule has 26 heavy (non-hydrogen) atoms. The molecule has 0 atom stereocenters. The largest absolute Gasteiger partial charge is 0.203 e. The van der Waals surface area contributed by atoms with Crippen LogP contribution in [0.5, 0.6) is 0 Å². The smallest absolute Gasteiger partial charge is 0.176 e. The van der Waals surface area contributed by atoms with Gasteiger partial charge in [-0.2, -0.15) is 5.26 Å². The molecule has 1 fully saturated rings. The number of hydrogen-bond acceptors (Lipinski definition) is 1. The van der Waals surface area contributed by atoms with Gasteiger partial charge in [0.1, 0.15) is 6.07 Å². The first-order chi connectivity index (χ1) is 12.7. The average molecular weight is 362 g/mol. The van der Waals surface area contributed by atoms with Gasteiger partial charge in [-0.25, -0.2) is 8.78 Å². The Morgan fingerprint density at radius 3 is 2.15 bits per heavy atom. The van der Waals surface area contributed by atoms with Gasteiger partial charge in [-0.05, 0) is 36.3 Å². The highest BCUT2D eigenvalue weighted by Gasteiger charge is 2.21. The molecular weight excluding hydrogens is 328 g/mol. The molecule has 1 nitrogen and oxygen atoms in total. The standard InChI is InChI=1S/C23H33F2N/c1-2-3-4-5-6-7-8-18-9-11-19(12-10-18)13-14-20-15-16-21(17-26)23(25)22(20)24/h15-16,18-19H,2-14H2,1H3. The van der Waals surface area contributed by atoms with Crippen LogP contribution in [0.1, 0.15) is 95.1 Å². The summed E-state index contributed by atoms with van der Waals surface area (Å²) in [5, 5.41) is 8.75. The van der Waals surface area contributed by atoms with E-state index in [1.165, 1.54) is 76.7 Å². The number of nitrogens with zero attached hydrogens (tertiary/aromatic N) is 1. The molecule has 0 saturated heterocycles. The Balaban J connectivity index is 1.65. The molecule has 0 unspecified atom stereocenters. The van der Waals surface area contributed by atoms with Crippen LogP contribution < -0.4 is 0 Å². The number of unbranched alkanes of at least 4 members (excludes halogenated alkanes) is 5. The van der Waals surface area contributed by atoms with Gasteiger partial charge in [0.15, 0.2) is 11.6 Å². The normalized spacial score (nSPS) is 20.1. The Kier molecular flexibility index (Phi) is 9.09. The van der Waals surface area contributed by atoms with Crippen LogP contribution in [-0.4, -0.2) is 0 Å². The van der Waals surface area contributed by atoms with Gasteiger partial charge in [0.25, 0.3) is 0 Å².